The van der Waals surface area contributed by atoms with Crippen molar-refractivity contribution < 1.29 is 23.2 Å². The summed E-state index contributed by atoms with van der Waals surface area (Å²) >= 11 is 1.51. The number of alkyl halides is 2. The number of aryl methyl sites for hydroxylation is 1. The van der Waals surface area contributed by atoms with E-state index in [4.69, 9.17) is 21.7 Å². The lowest BCUT2D eigenvalue weighted by Gasteiger charge is -2.25. The fraction of sp³-hybridized carbons (Fsp3) is 0.400. The van der Waals surface area contributed by atoms with E-state index in [1.165, 1.54) is 23.9 Å². The molecule has 1 aliphatic carbocycles. The van der Waals surface area contributed by atoms with E-state index in [1.54, 1.807) is 29.2 Å². The predicted octanol–water partition coefficient (Wildman–Crippen LogP) is 4.19. The van der Waals surface area contributed by atoms with E-state index in [2.05, 4.69) is 5.32 Å². The van der Waals surface area contributed by atoms with Gasteiger partial charge in [0.15, 0.2) is 0 Å². The van der Waals surface area contributed by atoms with Crippen molar-refractivity contribution in [2.24, 2.45) is 17.4 Å². The number of benzene rings is 2. The molecule has 2 aromatic rings. The van der Waals surface area contributed by atoms with E-state index in [1.807, 2.05) is 46.0 Å². The van der Waals surface area contributed by atoms with Gasteiger partial charge in [0.25, 0.3) is 5.92 Å². The van der Waals surface area contributed by atoms with Crippen molar-refractivity contribution >= 4 is 36.2 Å². The van der Waals surface area contributed by atoms with Crippen molar-refractivity contribution in [2.45, 2.75) is 51.6 Å². The van der Waals surface area contributed by atoms with Crippen LogP contribution in [-0.4, -0.2) is 60.8 Å². The molecular formula is C30H39F2N5O3S. The first-order valence-electron chi connectivity index (χ1n) is 13.1. The van der Waals surface area contributed by atoms with Crippen molar-refractivity contribution in [2.75, 3.05) is 19.3 Å². The van der Waals surface area contributed by atoms with Crippen molar-refractivity contribution in [3.05, 3.63) is 70.1 Å². The van der Waals surface area contributed by atoms with Gasteiger partial charge in [-0.2, -0.15) is 8.78 Å². The number of hydrogen-bond acceptors (Lipinski definition) is 6. The van der Waals surface area contributed by atoms with Gasteiger partial charge in [-0.15, -0.1) is 11.8 Å². The SMILES string of the molecule is C=O.CS/C(=C\CC(=N)N)[C@@H](C)NC(=O)C1CC(C)CN1C(=O)CN.Cc1ccc2c(c1)-c1ccccc1C2(F)F. The molecule has 1 heterocycles. The van der Waals surface area contributed by atoms with Crippen LogP contribution in [0.15, 0.2) is 53.4 Å². The number of likely N-dealkylation sites (tertiary alicyclic amines) is 1. The quantitative estimate of drug-likeness (QED) is 0.283. The minimum Gasteiger partial charge on any atom is -0.387 e. The number of rotatable bonds is 7. The van der Waals surface area contributed by atoms with Gasteiger partial charge in [0.2, 0.25) is 11.8 Å². The third-order valence-corrected chi connectivity index (χ3v) is 7.91. The third-order valence-electron chi connectivity index (χ3n) is 6.92. The molecule has 41 heavy (non-hydrogen) atoms. The number of fused-ring (bicyclic) bond motifs is 3. The Morgan fingerprint density at radius 2 is 1.85 bits per heavy atom. The summed E-state index contributed by atoms with van der Waals surface area (Å²) in [6, 6.07) is 11.2. The first-order chi connectivity index (χ1) is 19.4. The highest BCUT2D eigenvalue weighted by Gasteiger charge is 2.43. The molecule has 2 unspecified atom stereocenters. The minimum atomic E-state index is -2.85. The van der Waals surface area contributed by atoms with E-state index >= 15 is 0 Å². The lowest BCUT2D eigenvalue weighted by molar-refractivity contribution is -0.137. The van der Waals surface area contributed by atoms with Crippen molar-refractivity contribution in [1.29, 1.82) is 5.41 Å². The zero-order valence-corrected chi connectivity index (χ0v) is 24.7. The van der Waals surface area contributed by atoms with E-state index in [0.29, 0.717) is 30.5 Å². The molecule has 2 amide bonds. The number of halogens is 2. The summed E-state index contributed by atoms with van der Waals surface area (Å²) < 4.78 is 28.1. The van der Waals surface area contributed by atoms with Gasteiger partial charge in [0, 0.05) is 29.0 Å². The molecule has 1 saturated heterocycles. The van der Waals surface area contributed by atoms with Crippen LogP contribution in [0.25, 0.3) is 11.1 Å². The molecule has 4 rings (SSSR count). The van der Waals surface area contributed by atoms with Gasteiger partial charge in [-0.25, -0.2) is 0 Å². The average Bonchev–Trinajstić information content (AvgIpc) is 3.45. The molecule has 0 aromatic heterocycles. The van der Waals surface area contributed by atoms with Gasteiger partial charge >= 0.3 is 0 Å². The summed E-state index contributed by atoms with van der Waals surface area (Å²) in [5.74, 6) is -2.84. The number of nitrogens with zero attached hydrogens (tertiary/aromatic N) is 1. The molecular weight excluding hydrogens is 548 g/mol. The molecule has 8 nitrogen and oxygen atoms in total. The third kappa shape index (κ3) is 8.01. The predicted molar refractivity (Wildman–Crippen MR) is 161 cm³/mol. The maximum Gasteiger partial charge on any atom is 0.299 e. The standard InChI is InChI=1S/C15H27N5O2S.C14H10F2.CH2O/c1-9-6-11(20(8-9)14(21)7-16)15(22)19-10(2)12(23-3)4-5-13(17)18;1-9-6-7-13-11(8-9)10-4-2-3-5-12(10)14(13,15)16;1-2/h4,9-11H,5-8,16H2,1-3H3,(H3,17,18)(H,19,22);2-8H,1H3;1H2/b12-4-;;/t9?,10-,11?;;/m1../s1. The topological polar surface area (TPSA) is 142 Å². The monoisotopic (exact) mass is 587 g/mol. The van der Waals surface area contributed by atoms with Gasteiger partial charge in [-0.05, 0) is 43.6 Å². The van der Waals surface area contributed by atoms with Crippen molar-refractivity contribution in [1.82, 2.24) is 10.2 Å². The van der Waals surface area contributed by atoms with E-state index in [0.717, 1.165) is 10.5 Å². The summed E-state index contributed by atoms with van der Waals surface area (Å²) in [6.07, 6.45) is 4.76. The summed E-state index contributed by atoms with van der Waals surface area (Å²) in [5, 5.41) is 10.2. The van der Waals surface area contributed by atoms with Gasteiger partial charge < -0.3 is 26.5 Å². The van der Waals surface area contributed by atoms with Crippen LogP contribution in [0.5, 0.6) is 0 Å². The number of nitrogens with one attached hydrogen (secondary N) is 2. The number of carbonyl (C=O) groups excluding carboxylic acids is 3. The normalized spacial score (nSPS) is 19.0. The van der Waals surface area contributed by atoms with Crippen LogP contribution in [0.3, 0.4) is 0 Å². The van der Waals surface area contributed by atoms with Gasteiger partial charge in [-0.3, -0.25) is 15.0 Å². The second-order valence-corrected chi connectivity index (χ2v) is 10.9. The highest BCUT2D eigenvalue weighted by molar-refractivity contribution is 8.02. The smallest absolute Gasteiger partial charge is 0.299 e. The highest BCUT2D eigenvalue weighted by atomic mass is 32.2. The molecule has 0 bridgehead atoms. The lowest BCUT2D eigenvalue weighted by atomic mass is 10.0. The number of nitrogens with two attached hydrogens (primary N) is 2. The molecule has 0 saturated carbocycles. The van der Waals surface area contributed by atoms with Crippen LogP contribution < -0.4 is 16.8 Å². The Morgan fingerprint density at radius 1 is 1.22 bits per heavy atom. The molecule has 222 valence electrons. The largest absolute Gasteiger partial charge is 0.387 e. The van der Waals surface area contributed by atoms with Crippen LogP contribution >= 0.6 is 11.8 Å². The molecule has 3 atom stereocenters. The molecule has 1 aliphatic heterocycles. The van der Waals surface area contributed by atoms with Gasteiger partial charge in [0.05, 0.1) is 18.4 Å². The Morgan fingerprint density at radius 3 is 2.46 bits per heavy atom. The first-order valence-corrected chi connectivity index (χ1v) is 14.4. The van der Waals surface area contributed by atoms with Crippen LogP contribution in [0, 0.1) is 18.3 Å². The van der Waals surface area contributed by atoms with Crippen LogP contribution in [0.2, 0.25) is 0 Å². The first kappa shape index (κ1) is 33.6. The molecule has 6 N–H and O–H groups in total. The lowest BCUT2D eigenvalue weighted by Crippen LogP contribution is -2.49. The molecule has 1 fully saturated rings. The number of thioether (sulfide) groups is 1. The molecule has 0 radical (unpaired) electrons. The molecule has 2 aromatic carbocycles. The summed E-state index contributed by atoms with van der Waals surface area (Å²) in [6.45, 7) is 8.31. The summed E-state index contributed by atoms with van der Waals surface area (Å²) in [4.78, 5) is 35.0. The number of hydrogen-bond donors (Lipinski definition) is 4. The maximum absolute atomic E-state index is 14.1. The zero-order chi connectivity index (χ0) is 30.9. The van der Waals surface area contributed by atoms with Crippen LogP contribution in [-0.2, 0) is 20.3 Å². The number of amides is 2. The van der Waals surface area contributed by atoms with Gasteiger partial charge in [-0.1, -0.05) is 61.0 Å². The van der Waals surface area contributed by atoms with Crippen molar-refractivity contribution in [3.8, 4) is 11.1 Å². The van der Waals surface area contributed by atoms with E-state index in [-0.39, 0.29) is 47.3 Å². The van der Waals surface area contributed by atoms with Gasteiger partial charge in [0.1, 0.15) is 12.8 Å². The highest BCUT2D eigenvalue weighted by Crippen LogP contribution is 2.50. The second kappa shape index (κ2) is 14.9. The maximum atomic E-state index is 14.1. The van der Waals surface area contributed by atoms with Crippen molar-refractivity contribution in [3.63, 3.8) is 0 Å². The number of amidine groups is 1. The Balaban J connectivity index is 0.000000283. The Labute approximate surface area is 244 Å². The fourth-order valence-corrected chi connectivity index (χ4v) is 5.67. The Bertz CT molecular complexity index is 1290. The molecule has 11 heteroatoms. The van der Waals surface area contributed by atoms with Crippen LogP contribution in [0.1, 0.15) is 43.4 Å². The van der Waals surface area contributed by atoms with E-state index < -0.39 is 12.0 Å². The number of carbonyl (C=O) groups is 3. The van der Waals surface area contributed by atoms with E-state index in [9.17, 15) is 18.4 Å². The van der Waals surface area contributed by atoms with Crippen LogP contribution in [0.4, 0.5) is 8.78 Å². The Hall–Kier alpha value is -3.57. The summed E-state index contributed by atoms with van der Waals surface area (Å²) in [5.41, 5.74) is 13.4. The second-order valence-electron chi connectivity index (χ2n) is 10.0. The average molecular weight is 588 g/mol. The fourth-order valence-electron chi connectivity index (χ4n) is 5.01. The minimum absolute atomic E-state index is 0.0827. The summed E-state index contributed by atoms with van der Waals surface area (Å²) in [7, 11) is 0. The Kier molecular flexibility index (Phi) is 12.2. The zero-order valence-electron chi connectivity index (χ0n) is 23.9. The molecule has 2 aliphatic rings. The molecule has 0 spiro atoms.